The number of amides is 2. The lowest BCUT2D eigenvalue weighted by molar-refractivity contribution is -0.122. The maximum absolute atomic E-state index is 12.9. The highest BCUT2D eigenvalue weighted by atomic mass is 16.7. The summed E-state index contributed by atoms with van der Waals surface area (Å²) in [5, 5.41) is 16.6. The van der Waals surface area contributed by atoms with Crippen molar-refractivity contribution in [1.29, 1.82) is 5.26 Å². The topological polar surface area (TPSA) is 105 Å². The van der Waals surface area contributed by atoms with Crippen molar-refractivity contribution in [2.75, 3.05) is 6.79 Å². The van der Waals surface area contributed by atoms with E-state index in [0.717, 1.165) is 59.7 Å². The number of hydrogen-bond donors (Lipinski definition) is 2. The quantitative estimate of drug-likeness (QED) is 0.358. The van der Waals surface area contributed by atoms with Gasteiger partial charge in [0.2, 0.25) is 12.7 Å². The molecule has 2 aromatic carbocycles. The second kappa shape index (κ2) is 10.8. The summed E-state index contributed by atoms with van der Waals surface area (Å²) in [5.41, 5.74) is 3.63. The molecule has 2 heterocycles. The molecule has 1 aliphatic heterocycles. The number of aryl methyl sites for hydroxylation is 1. The first-order chi connectivity index (χ1) is 18.1. The molecule has 1 saturated carbocycles. The van der Waals surface area contributed by atoms with Gasteiger partial charge in [0.1, 0.15) is 18.2 Å². The summed E-state index contributed by atoms with van der Waals surface area (Å²) in [7, 11) is 0. The number of rotatable bonds is 8. The van der Waals surface area contributed by atoms with Gasteiger partial charge in [-0.1, -0.05) is 44.0 Å². The fourth-order valence-electron chi connectivity index (χ4n) is 5.12. The summed E-state index contributed by atoms with van der Waals surface area (Å²) in [5.74, 6) is 0.825. The van der Waals surface area contributed by atoms with E-state index in [0.29, 0.717) is 11.5 Å². The van der Waals surface area contributed by atoms with Gasteiger partial charge in [0, 0.05) is 29.7 Å². The maximum atomic E-state index is 12.9. The first-order valence-corrected chi connectivity index (χ1v) is 12.7. The van der Waals surface area contributed by atoms with E-state index in [9.17, 15) is 14.9 Å². The zero-order chi connectivity index (χ0) is 25.8. The molecule has 2 aliphatic rings. The molecule has 37 heavy (non-hydrogen) atoms. The summed E-state index contributed by atoms with van der Waals surface area (Å²) in [6.45, 7) is 2.69. The predicted octanol–water partition coefficient (Wildman–Crippen LogP) is 4.21. The Balaban J connectivity index is 1.37. The van der Waals surface area contributed by atoms with Gasteiger partial charge in [0.05, 0.1) is 5.52 Å². The van der Waals surface area contributed by atoms with E-state index >= 15 is 0 Å². The average Bonchev–Trinajstić information content (AvgIpc) is 3.66. The normalized spacial score (nSPS) is 15.1. The molecule has 3 aromatic rings. The Morgan fingerprint density at radius 1 is 1.16 bits per heavy atom. The van der Waals surface area contributed by atoms with Crippen molar-refractivity contribution in [3.63, 3.8) is 0 Å². The average molecular weight is 499 g/mol. The number of carbonyl (C=O) groups is 2. The Labute approximate surface area is 215 Å². The molecule has 0 bridgehead atoms. The fourth-order valence-corrected chi connectivity index (χ4v) is 5.12. The van der Waals surface area contributed by atoms with E-state index < -0.39 is 5.91 Å². The third-order valence-electron chi connectivity index (χ3n) is 6.98. The molecule has 0 atom stereocenters. The molecule has 1 aromatic heterocycles. The van der Waals surface area contributed by atoms with Gasteiger partial charge in [0.15, 0.2) is 11.5 Å². The van der Waals surface area contributed by atoms with Crippen molar-refractivity contribution in [1.82, 2.24) is 15.2 Å². The molecule has 2 N–H and O–H groups in total. The highest BCUT2D eigenvalue weighted by Crippen LogP contribution is 2.32. The zero-order valence-corrected chi connectivity index (χ0v) is 20.9. The van der Waals surface area contributed by atoms with E-state index in [4.69, 9.17) is 9.47 Å². The van der Waals surface area contributed by atoms with E-state index in [-0.39, 0.29) is 37.4 Å². The minimum Gasteiger partial charge on any atom is -0.454 e. The van der Waals surface area contributed by atoms with Gasteiger partial charge in [0.25, 0.3) is 5.91 Å². The minimum atomic E-state index is -0.466. The smallest absolute Gasteiger partial charge is 0.262 e. The van der Waals surface area contributed by atoms with Crippen LogP contribution in [0.5, 0.6) is 11.5 Å². The number of para-hydroxylation sites is 1. The summed E-state index contributed by atoms with van der Waals surface area (Å²) < 4.78 is 12.6. The van der Waals surface area contributed by atoms with E-state index in [1.165, 1.54) is 0 Å². The number of nitrogens with one attached hydrogen (secondary N) is 2. The monoisotopic (exact) mass is 498 g/mol. The Bertz CT molecular complexity index is 1410. The van der Waals surface area contributed by atoms with Gasteiger partial charge >= 0.3 is 0 Å². The second-order valence-electron chi connectivity index (χ2n) is 9.47. The summed E-state index contributed by atoms with van der Waals surface area (Å²) >= 11 is 0. The highest BCUT2D eigenvalue weighted by Gasteiger charge is 2.20. The van der Waals surface area contributed by atoms with E-state index in [1.807, 2.05) is 47.2 Å². The largest absolute Gasteiger partial charge is 0.454 e. The van der Waals surface area contributed by atoms with Gasteiger partial charge in [-0.15, -0.1) is 0 Å². The number of aromatic nitrogens is 1. The van der Waals surface area contributed by atoms with E-state index in [2.05, 4.69) is 17.6 Å². The Morgan fingerprint density at radius 3 is 2.76 bits per heavy atom. The van der Waals surface area contributed by atoms with Crippen LogP contribution in [0.3, 0.4) is 0 Å². The molecule has 8 heteroatoms. The molecular formula is C29H30N4O4. The molecule has 0 unspecified atom stereocenters. The molecule has 5 rings (SSSR count). The minimum absolute atomic E-state index is 0.00268. The third-order valence-corrected chi connectivity index (χ3v) is 6.98. The van der Waals surface area contributed by atoms with Crippen LogP contribution in [0.1, 0.15) is 49.3 Å². The van der Waals surface area contributed by atoms with Crippen LogP contribution in [0, 0.1) is 11.3 Å². The second-order valence-corrected chi connectivity index (χ2v) is 9.47. The van der Waals surface area contributed by atoms with Crippen LogP contribution < -0.4 is 20.1 Å². The van der Waals surface area contributed by atoms with Crippen molar-refractivity contribution in [3.05, 3.63) is 64.9 Å². The van der Waals surface area contributed by atoms with Crippen molar-refractivity contribution in [2.45, 2.75) is 58.2 Å². The molecule has 1 aliphatic carbocycles. The number of fused-ring (bicyclic) bond motifs is 2. The van der Waals surface area contributed by atoms with Gasteiger partial charge in [-0.3, -0.25) is 9.59 Å². The van der Waals surface area contributed by atoms with Crippen LogP contribution in [0.4, 0.5) is 0 Å². The molecule has 2 amide bonds. The summed E-state index contributed by atoms with van der Waals surface area (Å²) in [6.07, 6.45) is 8.62. The number of hydrogen-bond acceptors (Lipinski definition) is 5. The molecule has 8 nitrogen and oxygen atoms in total. The van der Waals surface area contributed by atoms with Crippen molar-refractivity contribution in [2.24, 2.45) is 0 Å². The first-order valence-electron chi connectivity index (χ1n) is 12.7. The standard InChI is InChI=1S/C29H30N4O4/c1-2-20-6-5-9-24-22(16-33(28(20)24)17-27(34)32-23-7-3-4-8-23)13-21(14-30)29(35)31-15-19-10-11-25-26(12-19)37-18-36-25/h5-6,9-13,16,23H,2-4,7-8,15,17-18H2,1H3,(H,31,35)(H,32,34)/b21-13+. The summed E-state index contributed by atoms with van der Waals surface area (Å²) in [4.78, 5) is 25.7. The van der Waals surface area contributed by atoms with E-state index in [1.54, 1.807) is 12.1 Å². The Hall–Kier alpha value is -4.25. The number of nitrogens with zero attached hydrogens (tertiary/aromatic N) is 2. The molecule has 0 saturated heterocycles. The van der Waals surface area contributed by atoms with Crippen molar-refractivity contribution < 1.29 is 19.1 Å². The lowest BCUT2D eigenvalue weighted by Gasteiger charge is -2.13. The van der Waals surface area contributed by atoms with Crippen LogP contribution in [0.25, 0.3) is 17.0 Å². The van der Waals surface area contributed by atoms with Crippen LogP contribution in [-0.4, -0.2) is 29.2 Å². The first kappa shape index (κ1) is 24.4. The third kappa shape index (κ3) is 5.31. The fraction of sp³-hybridized carbons (Fsp3) is 0.345. The number of carbonyl (C=O) groups excluding carboxylic acids is 2. The van der Waals surface area contributed by atoms with Crippen molar-refractivity contribution in [3.8, 4) is 17.6 Å². The van der Waals surface area contributed by atoms with Gasteiger partial charge in [-0.2, -0.15) is 5.26 Å². The predicted molar refractivity (Wildman–Crippen MR) is 140 cm³/mol. The van der Waals surface area contributed by atoms with Crippen LogP contribution in [-0.2, 0) is 29.1 Å². The molecular weight excluding hydrogens is 468 g/mol. The van der Waals surface area contributed by atoms with Gasteiger partial charge < -0.3 is 24.7 Å². The molecule has 0 radical (unpaired) electrons. The van der Waals surface area contributed by atoms with Crippen LogP contribution in [0.15, 0.2) is 48.2 Å². The van der Waals surface area contributed by atoms with Crippen LogP contribution >= 0.6 is 0 Å². The Morgan fingerprint density at radius 2 is 1.97 bits per heavy atom. The maximum Gasteiger partial charge on any atom is 0.262 e. The van der Waals surface area contributed by atoms with Crippen molar-refractivity contribution >= 4 is 28.8 Å². The van der Waals surface area contributed by atoms with Gasteiger partial charge in [-0.05, 0) is 48.6 Å². The van der Waals surface area contributed by atoms with Crippen LogP contribution in [0.2, 0.25) is 0 Å². The molecule has 0 spiro atoms. The SMILES string of the molecule is CCc1cccc2c(/C=C(\C#N)C(=O)NCc3ccc4c(c3)OCO4)cn(CC(=O)NC3CCCC3)c12. The highest BCUT2D eigenvalue weighted by molar-refractivity contribution is 6.04. The Kier molecular flexibility index (Phi) is 7.13. The lowest BCUT2D eigenvalue weighted by atomic mass is 10.1. The summed E-state index contributed by atoms with van der Waals surface area (Å²) in [6, 6.07) is 13.7. The zero-order valence-electron chi connectivity index (χ0n) is 20.9. The molecule has 1 fully saturated rings. The lowest BCUT2D eigenvalue weighted by Crippen LogP contribution is -2.35. The van der Waals surface area contributed by atoms with Gasteiger partial charge in [-0.25, -0.2) is 0 Å². The number of benzene rings is 2. The number of ether oxygens (including phenoxy) is 2. The number of nitriles is 1. The molecule has 190 valence electrons.